The Kier molecular flexibility index (Phi) is 13.5. The molecule has 0 aliphatic carbocycles. The van der Waals surface area contributed by atoms with Crippen LogP contribution in [0.25, 0.3) is 55.8 Å². The van der Waals surface area contributed by atoms with Gasteiger partial charge in [0.15, 0.2) is 0 Å². The van der Waals surface area contributed by atoms with Crippen molar-refractivity contribution in [2.75, 3.05) is 46.6 Å². The molecule has 0 saturated carbocycles. The van der Waals surface area contributed by atoms with E-state index in [-0.39, 0.29) is 57.6 Å². The van der Waals surface area contributed by atoms with Crippen LogP contribution < -0.4 is 0 Å². The van der Waals surface area contributed by atoms with Gasteiger partial charge in [-0.25, -0.2) is 19.6 Å². The van der Waals surface area contributed by atoms with E-state index in [2.05, 4.69) is 13.8 Å². The molecule has 0 radical (unpaired) electrons. The van der Waals surface area contributed by atoms with Crippen LogP contribution in [-0.2, 0) is 40.1 Å². The van der Waals surface area contributed by atoms with Crippen molar-refractivity contribution in [1.29, 1.82) is 0 Å². The zero-order valence-corrected chi connectivity index (χ0v) is 33.3. The Labute approximate surface area is 338 Å². The van der Waals surface area contributed by atoms with E-state index in [1.165, 1.54) is 0 Å². The minimum absolute atomic E-state index is 0.0204. The predicted molar refractivity (Wildman–Crippen MR) is 221 cm³/mol. The zero-order valence-electron chi connectivity index (χ0n) is 33.3. The molecule has 0 bridgehead atoms. The van der Waals surface area contributed by atoms with Crippen LogP contribution in [0.2, 0.25) is 0 Å². The molecule has 11 heteroatoms. The van der Waals surface area contributed by atoms with Gasteiger partial charge in [-0.05, 0) is 54.2 Å². The third-order valence-electron chi connectivity index (χ3n) is 10.1. The lowest BCUT2D eigenvalue weighted by Crippen LogP contribution is -2.19. The standard InChI is InChI=1S/C47H48N2O9/c1-5-52-29-53-24-26-57-58-28-33-21-22-37-38(27-33)49-45(48-37)42-39(34-15-9-6-10-16-34)40(35-17-11-7-12-18-35)44(41(43(42)46(49)50)36-19-13-8-14-20-36)47(51)55-25-23-54-30-56-32(4)31(2)3/h6-22,27,31-32H,5,23-26,28-30H2,1-4H3. The van der Waals surface area contributed by atoms with Crippen LogP contribution in [0.15, 0.2) is 109 Å². The summed E-state index contributed by atoms with van der Waals surface area (Å²) in [5, 5.41) is 0. The molecule has 1 atom stereocenters. The molecule has 0 amide bonds. The van der Waals surface area contributed by atoms with Gasteiger partial charge in [0, 0.05) is 28.9 Å². The van der Waals surface area contributed by atoms with E-state index < -0.39 is 5.97 Å². The van der Waals surface area contributed by atoms with E-state index >= 15 is 4.79 Å². The fourth-order valence-electron chi connectivity index (χ4n) is 6.90. The average molecular weight is 785 g/mol. The second kappa shape index (κ2) is 19.3. The number of imidazole rings is 1. The maximum atomic E-state index is 15.2. The number of hydrogen-bond acceptors (Lipinski definition) is 10. The summed E-state index contributed by atoms with van der Waals surface area (Å²) in [5.74, 6) is -0.0722. The summed E-state index contributed by atoms with van der Waals surface area (Å²) < 4.78 is 29.6. The second-order valence-corrected chi connectivity index (χ2v) is 14.1. The van der Waals surface area contributed by atoms with Gasteiger partial charge in [0.05, 0.1) is 41.5 Å². The topological polar surface area (TPSA) is 117 Å². The zero-order chi connectivity index (χ0) is 40.4. The first kappa shape index (κ1) is 40.7. The van der Waals surface area contributed by atoms with E-state index in [0.29, 0.717) is 69.4 Å². The first-order valence-electron chi connectivity index (χ1n) is 19.6. The molecule has 6 aromatic rings. The van der Waals surface area contributed by atoms with Gasteiger partial charge in [-0.2, -0.15) is 0 Å². The average Bonchev–Trinajstić information content (AvgIpc) is 3.76. The van der Waals surface area contributed by atoms with Gasteiger partial charge in [0.25, 0.3) is 5.91 Å². The largest absolute Gasteiger partial charge is 0.460 e. The van der Waals surface area contributed by atoms with E-state index in [0.717, 1.165) is 16.7 Å². The molecular weight excluding hydrogens is 737 g/mol. The molecule has 1 aromatic heterocycles. The molecular formula is C47H48N2O9. The lowest BCUT2D eigenvalue weighted by atomic mass is 9.79. The fourth-order valence-corrected chi connectivity index (χ4v) is 6.90. The highest BCUT2D eigenvalue weighted by Gasteiger charge is 2.40. The Balaban J connectivity index is 1.34. The van der Waals surface area contributed by atoms with Crippen LogP contribution in [0, 0.1) is 5.92 Å². The van der Waals surface area contributed by atoms with Gasteiger partial charge in [0.1, 0.15) is 39.2 Å². The highest BCUT2D eigenvalue weighted by molar-refractivity contribution is 6.25. The molecule has 0 spiro atoms. The van der Waals surface area contributed by atoms with Crippen molar-refractivity contribution in [3.8, 4) is 44.8 Å². The number of benzene rings is 5. The van der Waals surface area contributed by atoms with E-state index in [9.17, 15) is 4.79 Å². The van der Waals surface area contributed by atoms with E-state index in [1.54, 1.807) is 4.57 Å². The summed E-state index contributed by atoms with van der Waals surface area (Å²) in [4.78, 5) is 45.9. The van der Waals surface area contributed by atoms with Gasteiger partial charge in [-0.15, -0.1) is 0 Å². The number of carbonyl (C=O) groups excluding carboxylic acids is 2. The Morgan fingerprint density at radius 3 is 1.90 bits per heavy atom. The number of fused-ring (bicyclic) bond motifs is 5. The Morgan fingerprint density at radius 2 is 1.26 bits per heavy atom. The smallest absolute Gasteiger partial charge is 0.339 e. The number of nitrogens with zero attached hydrogens (tertiary/aromatic N) is 2. The molecule has 0 fully saturated rings. The van der Waals surface area contributed by atoms with Crippen molar-refractivity contribution in [2.45, 2.75) is 40.4 Å². The maximum absolute atomic E-state index is 15.2. The Morgan fingerprint density at radius 1 is 0.655 bits per heavy atom. The SMILES string of the molecule is CCOCOCCOOCc1ccc2nc3n(c2c1)C(=O)c1c(-c2ccccc2)c(C(=O)OCCOCOC(C)C(C)C)c(-c2ccccc2)c(-c2ccccc2)c1-3. The monoisotopic (exact) mass is 784 g/mol. The number of hydrogen-bond donors (Lipinski definition) is 0. The first-order valence-corrected chi connectivity index (χ1v) is 19.6. The first-order chi connectivity index (χ1) is 28.4. The van der Waals surface area contributed by atoms with Crippen LogP contribution in [-0.4, -0.2) is 74.2 Å². The maximum Gasteiger partial charge on any atom is 0.339 e. The van der Waals surface area contributed by atoms with Gasteiger partial charge >= 0.3 is 5.97 Å². The molecule has 0 N–H and O–H groups in total. The lowest BCUT2D eigenvalue weighted by molar-refractivity contribution is -0.309. The van der Waals surface area contributed by atoms with Crippen molar-refractivity contribution in [1.82, 2.24) is 9.55 Å². The van der Waals surface area contributed by atoms with Crippen molar-refractivity contribution in [3.63, 3.8) is 0 Å². The number of carbonyl (C=O) groups is 2. The quantitative estimate of drug-likeness (QED) is 0.0243. The van der Waals surface area contributed by atoms with E-state index in [4.69, 9.17) is 38.4 Å². The molecule has 2 heterocycles. The molecule has 1 aliphatic rings. The summed E-state index contributed by atoms with van der Waals surface area (Å²) in [6, 6.07) is 34.7. The molecule has 11 nitrogen and oxygen atoms in total. The molecule has 1 aliphatic heterocycles. The van der Waals surface area contributed by atoms with E-state index in [1.807, 2.05) is 123 Å². The molecule has 1 unspecified atom stereocenters. The van der Waals surface area contributed by atoms with Gasteiger partial charge in [0.2, 0.25) is 0 Å². The van der Waals surface area contributed by atoms with Crippen molar-refractivity contribution in [3.05, 3.63) is 126 Å². The van der Waals surface area contributed by atoms with Gasteiger partial charge in [-0.3, -0.25) is 9.36 Å². The molecule has 300 valence electrons. The summed E-state index contributed by atoms with van der Waals surface area (Å²) in [6.07, 6.45) is 0.0206. The fraction of sp³-hybridized carbons (Fsp3) is 0.298. The summed E-state index contributed by atoms with van der Waals surface area (Å²) in [5.41, 5.74) is 7.39. The van der Waals surface area contributed by atoms with Crippen LogP contribution in [0.1, 0.15) is 54.0 Å². The summed E-state index contributed by atoms with van der Waals surface area (Å²) in [6.45, 7) is 9.67. The van der Waals surface area contributed by atoms with Crippen LogP contribution >= 0.6 is 0 Å². The minimum Gasteiger partial charge on any atom is -0.460 e. The highest BCUT2D eigenvalue weighted by Crippen LogP contribution is 2.52. The molecule has 5 aromatic carbocycles. The summed E-state index contributed by atoms with van der Waals surface area (Å²) >= 11 is 0. The number of ether oxygens (including phenoxy) is 5. The predicted octanol–water partition coefficient (Wildman–Crippen LogP) is 9.36. The Bertz CT molecular complexity index is 2330. The summed E-state index contributed by atoms with van der Waals surface area (Å²) in [7, 11) is 0. The van der Waals surface area contributed by atoms with Crippen LogP contribution in [0.4, 0.5) is 0 Å². The lowest BCUT2D eigenvalue weighted by Gasteiger charge is -2.23. The van der Waals surface area contributed by atoms with Crippen molar-refractivity contribution in [2.24, 2.45) is 5.92 Å². The number of esters is 1. The number of aromatic nitrogens is 2. The van der Waals surface area contributed by atoms with Crippen LogP contribution in [0.3, 0.4) is 0 Å². The van der Waals surface area contributed by atoms with Gasteiger partial charge in [-0.1, -0.05) is 111 Å². The molecule has 7 rings (SSSR count). The second-order valence-electron chi connectivity index (χ2n) is 14.1. The minimum atomic E-state index is -0.581. The highest BCUT2D eigenvalue weighted by atomic mass is 17.2. The third kappa shape index (κ3) is 8.80. The van der Waals surface area contributed by atoms with Crippen LogP contribution in [0.5, 0.6) is 0 Å². The normalized spacial score (nSPS) is 12.6. The van der Waals surface area contributed by atoms with Gasteiger partial charge < -0.3 is 23.7 Å². The molecule has 0 saturated heterocycles. The molecule has 58 heavy (non-hydrogen) atoms. The Hall–Kier alpha value is -5.53. The number of rotatable bonds is 20. The third-order valence-corrected chi connectivity index (χ3v) is 10.1. The van der Waals surface area contributed by atoms with Crippen molar-refractivity contribution < 1.29 is 43.0 Å². The van der Waals surface area contributed by atoms with Crippen molar-refractivity contribution >= 4 is 22.9 Å².